The Morgan fingerprint density at radius 3 is 2.50 bits per heavy atom. The molecule has 0 atom stereocenters. The maximum Gasteiger partial charge on any atom is 0.0904 e. The van der Waals surface area contributed by atoms with Gasteiger partial charge in [-0.3, -0.25) is 4.68 Å². The summed E-state index contributed by atoms with van der Waals surface area (Å²) in [5, 5.41) is 4.17. The van der Waals surface area contributed by atoms with Crippen LogP contribution < -0.4 is 5.73 Å². The van der Waals surface area contributed by atoms with Crippen LogP contribution in [-0.4, -0.2) is 9.78 Å². The highest BCUT2D eigenvalue weighted by Gasteiger charge is 2.06. The summed E-state index contributed by atoms with van der Waals surface area (Å²) in [7, 11) is 1.90. The molecule has 0 radical (unpaired) electrons. The Bertz CT molecular complexity index is 241. The zero-order chi connectivity index (χ0) is 7.72. The van der Waals surface area contributed by atoms with Crippen molar-refractivity contribution in [1.29, 1.82) is 0 Å². The van der Waals surface area contributed by atoms with Crippen molar-refractivity contribution >= 4 is 15.9 Å². The van der Waals surface area contributed by atoms with Crippen molar-refractivity contribution in [3.63, 3.8) is 0 Å². The highest BCUT2D eigenvalue weighted by molar-refractivity contribution is 9.10. The summed E-state index contributed by atoms with van der Waals surface area (Å²) < 4.78 is 2.84. The monoisotopic (exact) mass is 203 g/mol. The van der Waals surface area contributed by atoms with Gasteiger partial charge in [-0.1, -0.05) is 0 Å². The highest BCUT2D eigenvalue weighted by atomic mass is 79.9. The fourth-order valence-corrected chi connectivity index (χ4v) is 1.28. The molecule has 0 fully saturated rings. The molecule has 0 aliphatic carbocycles. The van der Waals surface area contributed by atoms with E-state index < -0.39 is 0 Å². The van der Waals surface area contributed by atoms with Gasteiger partial charge >= 0.3 is 0 Å². The minimum absolute atomic E-state index is 0.488. The lowest BCUT2D eigenvalue weighted by Gasteiger charge is -1.89. The molecular formula is C6H10BrN3. The van der Waals surface area contributed by atoms with Gasteiger partial charge in [0.1, 0.15) is 0 Å². The van der Waals surface area contributed by atoms with Gasteiger partial charge in [-0.15, -0.1) is 0 Å². The van der Waals surface area contributed by atoms with Gasteiger partial charge in [-0.2, -0.15) is 5.10 Å². The first-order valence-electron chi connectivity index (χ1n) is 3.05. The number of aromatic nitrogens is 2. The summed E-state index contributed by atoms with van der Waals surface area (Å²) in [6, 6.07) is 0. The summed E-state index contributed by atoms with van der Waals surface area (Å²) in [5.74, 6) is 0. The molecular weight excluding hydrogens is 194 g/mol. The van der Waals surface area contributed by atoms with Crippen molar-refractivity contribution in [1.82, 2.24) is 9.78 Å². The first-order valence-corrected chi connectivity index (χ1v) is 3.84. The van der Waals surface area contributed by atoms with E-state index in [0.717, 1.165) is 15.9 Å². The van der Waals surface area contributed by atoms with E-state index in [4.69, 9.17) is 5.73 Å². The van der Waals surface area contributed by atoms with Gasteiger partial charge in [0.25, 0.3) is 0 Å². The summed E-state index contributed by atoms with van der Waals surface area (Å²) in [6.45, 7) is 2.48. The molecule has 1 aromatic heterocycles. The van der Waals surface area contributed by atoms with E-state index >= 15 is 0 Å². The lowest BCUT2D eigenvalue weighted by molar-refractivity contribution is 0.720. The largest absolute Gasteiger partial charge is 0.325 e. The minimum atomic E-state index is 0.488. The topological polar surface area (TPSA) is 43.8 Å². The molecule has 0 bridgehead atoms. The molecule has 1 heterocycles. The summed E-state index contributed by atoms with van der Waals surface area (Å²) >= 11 is 3.40. The molecule has 0 spiro atoms. The number of nitrogens with zero attached hydrogens (tertiary/aromatic N) is 2. The number of nitrogens with two attached hydrogens (primary N) is 1. The van der Waals surface area contributed by atoms with E-state index in [1.54, 1.807) is 0 Å². The van der Waals surface area contributed by atoms with E-state index in [9.17, 15) is 0 Å². The highest BCUT2D eigenvalue weighted by Crippen LogP contribution is 2.18. The quantitative estimate of drug-likeness (QED) is 0.740. The van der Waals surface area contributed by atoms with Crippen LogP contribution in [0.15, 0.2) is 4.47 Å². The van der Waals surface area contributed by atoms with Crippen LogP contribution in [0.4, 0.5) is 0 Å². The Morgan fingerprint density at radius 1 is 1.70 bits per heavy atom. The maximum atomic E-state index is 5.43. The fraction of sp³-hybridized carbons (Fsp3) is 0.500. The number of aryl methyl sites for hydroxylation is 1. The maximum absolute atomic E-state index is 5.43. The smallest absolute Gasteiger partial charge is 0.0904 e. The van der Waals surface area contributed by atoms with Gasteiger partial charge < -0.3 is 5.73 Å². The average molecular weight is 204 g/mol. The predicted octanol–water partition coefficient (Wildman–Crippen LogP) is 0.950. The first kappa shape index (κ1) is 7.75. The Balaban J connectivity index is 3.17. The van der Waals surface area contributed by atoms with Crippen molar-refractivity contribution in [2.75, 3.05) is 0 Å². The molecule has 2 N–H and O–H groups in total. The van der Waals surface area contributed by atoms with Crippen LogP contribution in [0.25, 0.3) is 0 Å². The standard InChI is InChI=1S/C6H10BrN3/c1-4-6(7)5(3-8)9-10(4)2/h3,8H2,1-2H3. The number of halogens is 1. The molecule has 4 heteroatoms. The van der Waals surface area contributed by atoms with Gasteiger partial charge in [0.05, 0.1) is 10.2 Å². The summed E-state index contributed by atoms with van der Waals surface area (Å²) in [6.07, 6.45) is 0. The Kier molecular flexibility index (Phi) is 2.11. The second kappa shape index (κ2) is 2.72. The molecule has 1 aromatic rings. The summed E-state index contributed by atoms with van der Waals surface area (Å²) in [5.41, 5.74) is 7.46. The average Bonchev–Trinajstić information content (AvgIpc) is 2.17. The summed E-state index contributed by atoms with van der Waals surface area (Å²) in [4.78, 5) is 0. The van der Waals surface area contributed by atoms with E-state index in [0.29, 0.717) is 6.54 Å². The van der Waals surface area contributed by atoms with E-state index in [-0.39, 0.29) is 0 Å². The fourth-order valence-electron chi connectivity index (χ4n) is 0.781. The SMILES string of the molecule is Cc1c(Br)c(CN)nn1C. The van der Waals surface area contributed by atoms with Crippen LogP contribution in [-0.2, 0) is 13.6 Å². The third-order valence-corrected chi connectivity index (χ3v) is 2.55. The van der Waals surface area contributed by atoms with Gasteiger partial charge in [-0.25, -0.2) is 0 Å². The molecule has 0 aromatic carbocycles. The van der Waals surface area contributed by atoms with E-state index in [1.807, 2.05) is 18.7 Å². The van der Waals surface area contributed by atoms with Crippen LogP contribution in [0.3, 0.4) is 0 Å². The van der Waals surface area contributed by atoms with Gasteiger partial charge in [0.15, 0.2) is 0 Å². The number of rotatable bonds is 1. The van der Waals surface area contributed by atoms with Crippen LogP contribution in [0.5, 0.6) is 0 Å². The van der Waals surface area contributed by atoms with Crippen molar-refractivity contribution in [3.05, 3.63) is 15.9 Å². The van der Waals surface area contributed by atoms with Gasteiger partial charge in [0.2, 0.25) is 0 Å². The Hall–Kier alpha value is -0.350. The lowest BCUT2D eigenvalue weighted by Crippen LogP contribution is -1.99. The third kappa shape index (κ3) is 1.09. The van der Waals surface area contributed by atoms with Crippen LogP contribution in [0.2, 0.25) is 0 Å². The second-order valence-corrected chi connectivity index (χ2v) is 2.97. The zero-order valence-corrected chi connectivity index (χ0v) is 7.64. The predicted molar refractivity (Wildman–Crippen MR) is 43.5 cm³/mol. The Morgan fingerprint density at radius 2 is 2.30 bits per heavy atom. The van der Waals surface area contributed by atoms with E-state index in [1.165, 1.54) is 0 Å². The molecule has 0 saturated carbocycles. The van der Waals surface area contributed by atoms with Crippen LogP contribution >= 0.6 is 15.9 Å². The molecule has 56 valence electrons. The van der Waals surface area contributed by atoms with Crippen molar-refractivity contribution < 1.29 is 0 Å². The lowest BCUT2D eigenvalue weighted by atomic mass is 10.4. The normalized spacial score (nSPS) is 10.4. The third-order valence-electron chi connectivity index (χ3n) is 1.52. The van der Waals surface area contributed by atoms with Crippen molar-refractivity contribution in [2.45, 2.75) is 13.5 Å². The molecule has 10 heavy (non-hydrogen) atoms. The van der Waals surface area contributed by atoms with Crippen molar-refractivity contribution in [2.24, 2.45) is 12.8 Å². The molecule has 3 nitrogen and oxygen atoms in total. The Labute approximate surface area is 68.3 Å². The minimum Gasteiger partial charge on any atom is -0.325 e. The van der Waals surface area contributed by atoms with Crippen LogP contribution in [0, 0.1) is 6.92 Å². The first-order chi connectivity index (χ1) is 4.66. The number of hydrogen-bond acceptors (Lipinski definition) is 2. The zero-order valence-electron chi connectivity index (χ0n) is 6.06. The van der Waals surface area contributed by atoms with Gasteiger partial charge in [-0.05, 0) is 22.9 Å². The van der Waals surface area contributed by atoms with Crippen LogP contribution in [0.1, 0.15) is 11.4 Å². The second-order valence-electron chi connectivity index (χ2n) is 2.17. The molecule has 0 amide bonds. The molecule has 0 aliphatic rings. The molecule has 1 rings (SSSR count). The molecule has 0 aliphatic heterocycles. The molecule has 0 unspecified atom stereocenters. The number of hydrogen-bond donors (Lipinski definition) is 1. The van der Waals surface area contributed by atoms with E-state index in [2.05, 4.69) is 21.0 Å². The van der Waals surface area contributed by atoms with Crippen molar-refractivity contribution in [3.8, 4) is 0 Å². The van der Waals surface area contributed by atoms with Gasteiger partial charge in [0, 0.05) is 19.3 Å². The molecule has 0 saturated heterocycles.